The van der Waals surface area contributed by atoms with Crippen molar-refractivity contribution in [3.05, 3.63) is 28.2 Å². The monoisotopic (exact) mass is 285 g/mol. The largest absolute Gasteiger partial charge is 0.478 e. The highest BCUT2D eigenvalue weighted by atomic mass is 79.9. The Hall–Kier alpha value is -1.03. The van der Waals surface area contributed by atoms with Gasteiger partial charge in [0.1, 0.15) is 0 Å². The van der Waals surface area contributed by atoms with Crippen LogP contribution in [0, 0.1) is 0 Å². The van der Waals surface area contributed by atoms with E-state index in [1.165, 1.54) is 0 Å². The molecule has 88 valence electrons. The first kappa shape index (κ1) is 13.0. The number of halogens is 1. The summed E-state index contributed by atoms with van der Waals surface area (Å²) in [5.74, 6) is -0.883. The summed E-state index contributed by atoms with van der Waals surface area (Å²) in [5, 5.41) is 9.16. The molecule has 4 heteroatoms. The minimum atomic E-state index is -0.883. The number of carbonyl (C=O) groups is 1. The van der Waals surface area contributed by atoms with E-state index >= 15 is 0 Å². The summed E-state index contributed by atoms with van der Waals surface area (Å²) < 4.78 is 0.793. The van der Waals surface area contributed by atoms with Crippen LogP contribution < -0.4 is 4.90 Å². The summed E-state index contributed by atoms with van der Waals surface area (Å²) in [5.41, 5.74) is 1.14. The number of rotatable bonds is 5. The lowest BCUT2D eigenvalue weighted by Gasteiger charge is -2.24. The number of aromatic carboxylic acids is 1. The van der Waals surface area contributed by atoms with Crippen LogP contribution in [-0.4, -0.2) is 24.2 Å². The average molecular weight is 286 g/mol. The van der Waals surface area contributed by atoms with E-state index in [-0.39, 0.29) is 0 Å². The molecule has 1 N–H and O–H groups in total. The second-order valence-electron chi connectivity index (χ2n) is 3.55. The first-order valence-corrected chi connectivity index (χ1v) is 6.17. The minimum absolute atomic E-state index is 0.352. The van der Waals surface area contributed by atoms with Crippen molar-refractivity contribution in [2.45, 2.75) is 20.3 Å². The topological polar surface area (TPSA) is 40.5 Å². The zero-order chi connectivity index (χ0) is 12.1. The van der Waals surface area contributed by atoms with Gasteiger partial charge in [0.2, 0.25) is 0 Å². The smallest absolute Gasteiger partial charge is 0.337 e. The van der Waals surface area contributed by atoms with Gasteiger partial charge in [-0.1, -0.05) is 22.9 Å². The van der Waals surface area contributed by atoms with Crippen molar-refractivity contribution in [3.63, 3.8) is 0 Å². The van der Waals surface area contributed by atoms with E-state index in [0.29, 0.717) is 5.56 Å². The van der Waals surface area contributed by atoms with Crippen molar-refractivity contribution in [1.29, 1.82) is 0 Å². The Morgan fingerprint density at radius 1 is 1.44 bits per heavy atom. The molecule has 0 aliphatic heterocycles. The Bertz CT molecular complexity index is 379. The summed E-state index contributed by atoms with van der Waals surface area (Å²) in [7, 11) is 0. The van der Waals surface area contributed by atoms with E-state index in [0.717, 1.165) is 29.7 Å². The molecular weight excluding hydrogens is 270 g/mol. The van der Waals surface area contributed by atoms with Crippen LogP contribution in [0.2, 0.25) is 0 Å². The van der Waals surface area contributed by atoms with Gasteiger partial charge in [-0.05, 0) is 31.5 Å². The summed E-state index contributed by atoms with van der Waals surface area (Å²) in [6.07, 6.45) is 1.00. The Balaban J connectivity index is 3.14. The van der Waals surface area contributed by atoms with Gasteiger partial charge in [0.25, 0.3) is 0 Å². The lowest BCUT2D eigenvalue weighted by Crippen LogP contribution is -2.25. The van der Waals surface area contributed by atoms with Gasteiger partial charge in [0.05, 0.1) is 11.3 Å². The molecule has 0 unspecified atom stereocenters. The van der Waals surface area contributed by atoms with E-state index in [9.17, 15) is 4.79 Å². The van der Waals surface area contributed by atoms with Gasteiger partial charge in [-0.3, -0.25) is 0 Å². The Morgan fingerprint density at radius 3 is 2.62 bits per heavy atom. The molecule has 1 aromatic carbocycles. The number of carboxylic acids is 1. The van der Waals surface area contributed by atoms with Crippen molar-refractivity contribution in [2.75, 3.05) is 18.0 Å². The highest BCUT2D eigenvalue weighted by molar-refractivity contribution is 9.10. The molecule has 16 heavy (non-hydrogen) atoms. The third-order valence-electron chi connectivity index (χ3n) is 2.40. The van der Waals surface area contributed by atoms with E-state index in [1.54, 1.807) is 6.07 Å². The Labute approximate surface area is 104 Å². The molecule has 0 saturated heterocycles. The fourth-order valence-electron chi connectivity index (χ4n) is 1.67. The van der Waals surface area contributed by atoms with Crippen molar-refractivity contribution in [1.82, 2.24) is 0 Å². The summed E-state index contributed by atoms with van der Waals surface area (Å²) in [6.45, 7) is 5.81. The average Bonchev–Trinajstić information content (AvgIpc) is 2.26. The third-order valence-corrected chi connectivity index (χ3v) is 2.90. The molecule has 0 aromatic heterocycles. The van der Waals surface area contributed by atoms with Crippen LogP contribution in [0.15, 0.2) is 22.7 Å². The molecule has 0 fully saturated rings. The molecule has 3 nitrogen and oxygen atoms in total. The zero-order valence-corrected chi connectivity index (χ0v) is 11.1. The fourth-order valence-corrected chi connectivity index (χ4v) is 2.04. The van der Waals surface area contributed by atoms with Crippen LogP contribution in [0.4, 0.5) is 5.69 Å². The van der Waals surface area contributed by atoms with E-state index in [4.69, 9.17) is 5.11 Å². The lowest BCUT2D eigenvalue weighted by molar-refractivity contribution is 0.0697. The molecule has 0 aliphatic carbocycles. The fraction of sp³-hybridized carbons (Fsp3) is 0.417. The maximum Gasteiger partial charge on any atom is 0.337 e. The minimum Gasteiger partial charge on any atom is -0.478 e. The molecular formula is C12H16BrNO2. The SMILES string of the molecule is CCCN(CC)c1ccc(Br)cc1C(=O)O. The Kier molecular flexibility index (Phi) is 4.80. The van der Waals surface area contributed by atoms with Crippen LogP contribution in [0.25, 0.3) is 0 Å². The van der Waals surface area contributed by atoms with Crippen molar-refractivity contribution in [2.24, 2.45) is 0 Å². The predicted octanol–water partition coefficient (Wildman–Crippen LogP) is 3.38. The van der Waals surface area contributed by atoms with Crippen LogP contribution in [0.3, 0.4) is 0 Å². The summed E-state index contributed by atoms with van der Waals surface area (Å²) >= 11 is 3.29. The van der Waals surface area contributed by atoms with Crippen LogP contribution in [0.1, 0.15) is 30.6 Å². The normalized spacial score (nSPS) is 10.2. The number of carboxylic acid groups (broad SMARTS) is 1. The van der Waals surface area contributed by atoms with Gasteiger partial charge in [-0.2, -0.15) is 0 Å². The first-order valence-electron chi connectivity index (χ1n) is 5.38. The number of hydrogen-bond acceptors (Lipinski definition) is 2. The second kappa shape index (κ2) is 5.89. The zero-order valence-electron chi connectivity index (χ0n) is 9.53. The molecule has 0 aliphatic rings. The van der Waals surface area contributed by atoms with Crippen LogP contribution in [0.5, 0.6) is 0 Å². The molecule has 0 amide bonds. The molecule has 0 saturated carbocycles. The second-order valence-corrected chi connectivity index (χ2v) is 4.46. The number of benzene rings is 1. The maximum atomic E-state index is 11.2. The van der Waals surface area contributed by atoms with Gasteiger partial charge in [0, 0.05) is 17.6 Å². The predicted molar refractivity (Wildman–Crippen MR) is 69.3 cm³/mol. The van der Waals surface area contributed by atoms with Gasteiger partial charge >= 0.3 is 5.97 Å². The molecule has 0 spiro atoms. The van der Waals surface area contributed by atoms with Gasteiger partial charge in [-0.25, -0.2) is 4.79 Å². The van der Waals surface area contributed by atoms with Crippen LogP contribution in [-0.2, 0) is 0 Å². The van der Waals surface area contributed by atoms with Gasteiger partial charge in [0.15, 0.2) is 0 Å². The van der Waals surface area contributed by atoms with Crippen LogP contribution >= 0.6 is 15.9 Å². The van der Waals surface area contributed by atoms with Crippen molar-refractivity contribution < 1.29 is 9.90 Å². The number of anilines is 1. The van der Waals surface area contributed by atoms with E-state index in [2.05, 4.69) is 27.8 Å². The third kappa shape index (κ3) is 2.98. The van der Waals surface area contributed by atoms with Crippen molar-refractivity contribution in [3.8, 4) is 0 Å². The Morgan fingerprint density at radius 2 is 2.12 bits per heavy atom. The molecule has 1 rings (SSSR count). The summed E-state index contributed by atoms with van der Waals surface area (Å²) in [6, 6.07) is 5.38. The van der Waals surface area contributed by atoms with Crippen molar-refractivity contribution >= 4 is 27.6 Å². The molecule has 0 atom stereocenters. The van der Waals surface area contributed by atoms with E-state index in [1.807, 2.05) is 19.1 Å². The van der Waals surface area contributed by atoms with Gasteiger partial charge < -0.3 is 10.0 Å². The summed E-state index contributed by atoms with van der Waals surface area (Å²) in [4.78, 5) is 13.2. The molecule has 0 radical (unpaired) electrons. The first-order chi connectivity index (χ1) is 7.60. The maximum absolute atomic E-state index is 11.2. The molecule has 0 heterocycles. The molecule has 0 bridgehead atoms. The number of hydrogen-bond donors (Lipinski definition) is 1. The number of nitrogens with zero attached hydrogens (tertiary/aromatic N) is 1. The standard InChI is InChI=1S/C12H16BrNO2/c1-3-7-14(4-2)11-6-5-9(13)8-10(11)12(15)16/h5-6,8H,3-4,7H2,1-2H3,(H,15,16). The van der Waals surface area contributed by atoms with E-state index < -0.39 is 5.97 Å². The quantitative estimate of drug-likeness (QED) is 0.902. The highest BCUT2D eigenvalue weighted by Crippen LogP contribution is 2.24. The highest BCUT2D eigenvalue weighted by Gasteiger charge is 2.14. The molecule has 1 aromatic rings. The lowest BCUT2D eigenvalue weighted by atomic mass is 10.1. The van der Waals surface area contributed by atoms with Gasteiger partial charge in [-0.15, -0.1) is 0 Å².